The summed E-state index contributed by atoms with van der Waals surface area (Å²) in [6.07, 6.45) is 1.71. The van der Waals surface area contributed by atoms with Crippen LogP contribution in [0.1, 0.15) is 28.8 Å². The Kier molecular flexibility index (Phi) is 5.70. The molecule has 3 N–H and O–H groups in total. The van der Waals surface area contributed by atoms with E-state index in [0.29, 0.717) is 38.3 Å². The number of hydrogen-bond donors (Lipinski definition) is 3. The number of carbonyl (C=O) groups is 1. The van der Waals surface area contributed by atoms with Crippen molar-refractivity contribution in [3.8, 4) is 0 Å². The Hall–Kier alpha value is -3.41. The van der Waals surface area contributed by atoms with Gasteiger partial charge in [0.2, 0.25) is 5.95 Å². The first-order valence-corrected chi connectivity index (χ1v) is 9.87. The number of rotatable bonds is 7. The van der Waals surface area contributed by atoms with Gasteiger partial charge in [0.15, 0.2) is 0 Å². The summed E-state index contributed by atoms with van der Waals surface area (Å²) in [6.45, 7) is 1.26. The molecule has 1 heterocycles. The maximum atomic E-state index is 11.5. The average molecular weight is 388 g/mol. The molecule has 1 aromatic heterocycles. The van der Waals surface area contributed by atoms with Crippen LogP contribution in [-0.4, -0.2) is 21.0 Å². The lowest BCUT2D eigenvalue weighted by Crippen LogP contribution is -2.25. The number of carboxylic acids is 1. The van der Waals surface area contributed by atoms with Crippen molar-refractivity contribution in [2.75, 3.05) is 10.6 Å². The number of aromatic nitrogens is 2. The molecule has 4 rings (SSSR count). The number of hydrogen-bond acceptors (Lipinski definition) is 5. The summed E-state index contributed by atoms with van der Waals surface area (Å²) in [5.74, 6) is 0.153. The Bertz CT molecular complexity index is 977. The number of aliphatic carboxylic acids is 1. The zero-order valence-electron chi connectivity index (χ0n) is 16.1. The van der Waals surface area contributed by atoms with Gasteiger partial charge in [-0.3, -0.25) is 4.79 Å². The Labute approximate surface area is 170 Å². The highest BCUT2D eigenvalue weighted by Crippen LogP contribution is 2.30. The molecule has 6 heteroatoms. The molecule has 3 aromatic rings. The smallest absolute Gasteiger partial charge is 0.306 e. The minimum Gasteiger partial charge on any atom is -0.481 e. The minimum atomic E-state index is -0.754. The van der Waals surface area contributed by atoms with Crippen molar-refractivity contribution in [1.82, 2.24) is 9.97 Å². The van der Waals surface area contributed by atoms with E-state index in [1.807, 2.05) is 36.4 Å². The third kappa shape index (κ3) is 4.71. The summed E-state index contributed by atoms with van der Waals surface area (Å²) < 4.78 is 0. The van der Waals surface area contributed by atoms with Gasteiger partial charge in [-0.1, -0.05) is 60.7 Å². The highest BCUT2D eigenvalue weighted by molar-refractivity contribution is 5.71. The summed E-state index contributed by atoms with van der Waals surface area (Å²) >= 11 is 0. The van der Waals surface area contributed by atoms with Gasteiger partial charge >= 0.3 is 5.97 Å². The first kappa shape index (κ1) is 18.9. The SMILES string of the molecule is O=C(O)[C@@H]1CCc2nc(NCc3ccccc3)nc(NCc3ccccc3)c2C1. The van der Waals surface area contributed by atoms with Gasteiger partial charge in [0.1, 0.15) is 5.82 Å². The van der Waals surface area contributed by atoms with Crippen molar-refractivity contribution in [2.24, 2.45) is 5.92 Å². The fourth-order valence-corrected chi connectivity index (χ4v) is 3.61. The summed E-state index contributed by atoms with van der Waals surface area (Å²) in [5.41, 5.74) is 4.15. The van der Waals surface area contributed by atoms with Crippen molar-refractivity contribution in [3.05, 3.63) is 83.0 Å². The van der Waals surface area contributed by atoms with Crippen molar-refractivity contribution in [3.63, 3.8) is 0 Å². The zero-order chi connectivity index (χ0) is 20.1. The number of aryl methyl sites for hydroxylation is 1. The predicted molar refractivity (Wildman–Crippen MR) is 113 cm³/mol. The van der Waals surface area contributed by atoms with E-state index in [2.05, 4.69) is 44.9 Å². The molecule has 0 amide bonds. The van der Waals surface area contributed by atoms with Crippen LogP contribution in [0.2, 0.25) is 0 Å². The molecule has 1 aliphatic carbocycles. The van der Waals surface area contributed by atoms with Crippen molar-refractivity contribution < 1.29 is 9.90 Å². The summed E-state index contributed by atoms with van der Waals surface area (Å²) in [6, 6.07) is 20.2. The lowest BCUT2D eigenvalue weighted by atomic mass is 9.87. The first-order chi connectivity index (χ1) is 14.2. The number of nitrogens with zero attached hydrogens (tertiary/aromatic N) is 2. The van der Waals surface area contributed by atoms with Crippen LogP contribution in [0.5, 0.6) is 0 Å². The van der Waals surface area contributed by atoms with E-state index in [-0.39, 0.29) is 5.92 Å². The second-order valence-electron chi connectivity index (χ2n) is 7.28. The van der Waals surface area contributed by atoms with Crippen molar-refractivity contribution in [2.45, 2.75) is 32.4 Å². The summed E-state index contributed by atoms with van der Waals surface area (Å²) in [4.78, 5) is 20.9. The summed E-state index contributed by atoms with van der Waals surface area (Å²) in [5, 5.41) is 16.2. The molecule has 1 aliphatic rings. The van der Waals surface area contributed by atoms with Crippen LogP contribution < -0.4 is 10.6 Å². The van der Waals surface area contributed by atoms with E-state index in [4.69, 9.17) is 0 Å². The van der Waals surface area contributed by atoms with E-state index >= 15 is 0 Å². The van der Waals surface area contributed by atoms with Gasteiger partial charge < -0.3 is 15.7 Å². The molecular formula is C23H24N4O2. The van der Waals surface area contributed by atoms with Crippen LogP contribution in [0.15, 0.2) is 60.7 Å². The van der Waals surface area contributed by atoms with Crippen LogP contribution in [0.4, 0.5) is 11.8 Å². The Morgan fingerprint density at radius 3 is 2.17 bits per heavy atom. The Morgan fingerprint density at radius 1 is 0.931 bits per heavy atom. The highest BCUT2D eigenvalue weighted by atomic mass is 16.4. The Morgan fingerprint density at radius 2 is 1.55 bits per heavy atom. The second kappa shape index (κ2) is 8.73. The van der Waals surface area contributed by atoms with E-state index < -0.39 is 5.97 Å². The van der Waals surface area contributed by atoms with Crippen LogP contribution in [-0.2, 0) is 30.7 Å². The normalized spacial score (nSPS) is 15.4. The lowest BCUT2D eigenvalue weighted by Gasteiger charge is -2.24. The van der Waals surface area contributed by atoms with Crippen LogP contribution in [0, 0.1) is 5.92 Å². The molecular weight excluding hydrogens is 364 g/mol. The molecule has 0 unspecified atom stereocenters. The van der Waals surface area contributed by atoms with Crippen LogP contribution in [0.25, 0.3) is 0 Å². The van der Waals surface area contributed by atoms with Gasteiger partial charge in [-0.2, -0.15) is 4.98 Å². The fraction of sp³-hybridized carbons (Fsp3) is 0.261. The fourth-order valence-electron chi connectivity index (χ4n) is 3.61. The molecule has 0 radical (unpaired) electrons. The minimum absolute atomic E-state index is 0.383. The molecule has 0 saturated heterocycles. The Balaban J connectivity index is 1.57. The van der Waals surface area contributed by atoms with E-state index in [1.54, 1.807) is 0 Å². The molecule has 0 bridgehead atoms. The van der Waals surface area contributed by atoms with E-state index in [9.17, 15) is 9.90 Å². The number of nitrogens with one attached hydrogen (secondary N) is 2. The quantitative estimate of drug-likeness (QED) is 0.569. The van der Waals surface area contributed by atoms with Gasteiger partial charge in [0.05, 0.1) is 11.6 Å². The van der Waals surface area contributed by atoms with Crippen molar-refractivity contribution >= 4 is 17.7 Å². The first-order valence-electron chi connectivity index (χ1n) is 9.87. The topological polar surface area (TPSA) is 87.1 Å². The molecule has 29 heavy (non-hydrogen) atoms. The lowest BCUT2D eigenvalue weighted by molar-refractivity contribution is -0.142. The molecule has 0 fully saturated rings. The van der Waals surface area contributed by atoms with E-state index in [1.165, 1.54) is 0 Å². The second-order valence-corrected chi connectivity index (χ2v) is 7.28. The standard InChI is InChI=1S/C23H24N4O2/c28-22(29)18-11-12-20-19(13-18)21(24-14-16-7-3-1-4-8-16)27-23(26-20)25-15-17-9-5-2-6-10-17/h1-10,18H,11-15H2,(H,28,29)(H2,24,25,26,27)/t18-/m1/s1. The molecule has 2 aromatic carbocycles. The number of fused-ring (bicyclic) bond motifs is 1. The average Bonchev–Trinajstić information content (AvgIpc) is 2.77. The number of carboxylic acid groups (broad SMARTS) is 1. The molecule has 0 aliphatic heterocycles. The maximum Gasteiger partial charge on any atom is 0.306 e. The molecule has 148 valence electrons. The number of anilines is 2. The molecule has 6 nitrogen and oxygen atoms in total. The maximum absolute atomic E-state index is 11.5. The number of benzene rings is 2. The zero-order valence-corrected chi connectivity index (χ0v) is 16.1. The molecule has 0 spiro atoms. The molecule has 0 saturated carbocycles. The van der Waals surface area contributed by atoms with Gasteiger partial charge in [0.25, 0.3) is 0 Å². The monoisotopic (exact) mass is 388 g/mol. The third-order valence-corrected chi connectivity index (χ3v) is 5.22. The van der Waals surface area contributed by atoms with Crippen molar-refractivity contribution in [1.29, 1.82) is 0 Å². The predicted octanol–water partition coefficient (Wildman–Crippen LogP) is 3.89. The van der Waals surface area contributed by atoms with Gasteiger partial charge in [0, 0.05) is 18.7 Å². The highest BCUT2D eigenvalue weighted by Gasteiger charge is 2.28. The van der Waals surface area contributed by atoms with E-state index in [0.717, 1.165) is 28.2 Å². The third-order valence-electron chi connectivity index (χ3n) is 5.22. The van der Waals surface area contributed by atoms with Crippen LogP contribution >= 0.6 is 0 Å². The van der Waals surface area contributed by atoms with Crippen LogP contribution in [0.3, 0.4) is 0 Å². The summed E-state index contributed by atoms with van der Waals surface area (Å²) in [7, 11) is 0. The van der Waals surface area contributed by atoms with Gasteiger partial charge in [-0.25, -0.2) is 4.98 Å². The largest absolute Gasteiger partial charge is 0.481 e. The van der Waals surface area contributed by atoms with Gasteiger partial charge in [-0.15, -0.1) is 0 Å². The molecule has 1 atom stereocenters. The van der Waals surface area contributed by atoms with Gasteiger partial charge in [-0.05, 0) is 30.4 Å².